The maximum atomic E-state index is 12.3. The van der Waals surface area contributed by atoms with Crippen molar-refractivity contribution >= 4 is 17.7 Å². The molecule has 8 heteroatoms. The van der Waals surface area contributed by atoms with Crippen LogP contribution in [0.2, 0.25) is 0 Å². The third-order valence-corrected chi connectivity index (χ3v) is 4.62. The molecule has 3 amide bonds. The fourth-order valence-corrected chi connectivity index (χ4v) is 3.14. The van der Waals surface area contributed by atoms with Crippen molar-refractivity contribution in [1.29, 1.82) is 5.53 Å². The van der Waals surface area contributed by atoms with Crippen molar-refractivity contribution in [3.63, 3.8) is 0 Å². The number of carbonyl (C=O) groups excluding carboxylic acids is 3. The number of imide groups is 1. The number of nitrogens with one attached hydrogen (secondary N) is 3. The molecule has 2 rings (SSSR count). The van der Waals surface area contributed by atoms with Crippen molar-refractivity contribution in [3.8, 4) is 0 Å². The van der Waals surface area contributed by atoms with E-state index in [-0.39, 0.29) is 36.1 Å². The Morgan fingerprint density at radius 2 is 1.92 bits per heavy atom. The lowest BCUT2D eigenvalue weighted by atomic mass is 9.81. The van der Waals surface area contributed by atoms with Crippen molar-refractivity contribution in [2.24, 2.45) is 17.0 Å². The van der Waals surface area contributed by atoms with Crippen molar-refractivity contribution < 1.29 is 14.4 Å². The molecule has 0 saturated heterocycles. The Labute approximate surface area is 147 Å². The summed E-state index contributed by atoms with van der Waals surface area (Å²) in [5.74, 6) is -0.331. The minimum atomic E-state index is -0.246. The molecule has 1 aliphatic carbocycles. The van der Waals surface area contributed by atoms with Gasteiger partial charge in [0.15, 0.2) is 0 Å². The van der Waals surface area contributed by atoms with Gasteiger partial charge in [0.1, 0.15) is 0 Å². The van der Waals surface area contributed by atoms with E-state index >= 15 is 0 Å². The monoisotopic (exact) mass is 347 g/mol. The fraction of sp³-hybridized carbons (Fsp3) is 0.588. The van der Waals surface area contributed by atoms with E-state index in [1.54, 1.807) is 6.20 Å². The smallest absolute Gasteiger partial charge is 0.253 e. The second kappa shape index (κ2) is 9.10. The number of amides is 3. The van der Waals surface area contributed by atoms with E-state index in [0.29, 0.717) is 12.2 Å². The van der Waals surface area contributed by atoms with Gasteiger partial charge >= 0.3 is 0 Å². The summed E-state index contributed by atoms with van der Waals surface area (Å²) in [5.41, 5.74) is 7.57. The Balaban J connectivity index is 1.74. The minimum absolute atomic E-state index is 0.0282. The average molecular weight is 347 g/mol. The summed E-state index contributed by atoms with van der Waals surface area (Å²) in [7, 11) is 0. The Bertz CT molecular complexity index is 573. The second-order valence-corrected chi connectivity index (χ2v) is 6.36. The number of hydrogen-bond acceptors (Lipinski definition) is 6. The van der Waals surface area contributed by atoms with Gasteiger partial charge in [-0.3, -0.25) is 19.3 Å². The van der Waals surface area contributed by atoms with Gasteiger partial charge < -0.3 is 10.6 Å². The lowest BCUT2D eigenvalue weighted by Gasteiger charge is -2.30. The predicted octanol–water partition coefficient (Wildman–Crippen LogP) is 1.32. The van der Waals surface area contributed by atoms with Crippen LogP contribution >= 0.6 is 0 Å². The summed E-state index contributed by atoms with van der Waals surface area (Å²) in [6, 6.07) is 0. The molecule has 1 fully saturated rings. The first-order valence-corrected chi connectivity index (χ1v) is 8.66. The van der Waals surface area contributed by atoms with Crippen LogP contribution in [0.3, 0.4) is 0 Å². The second-order valence-electron chi connectivity index (χ2n) is 6.36. The molecule has 0 aromatic carbocycles. The Hall–Kier alpha value is -2.51. The summed E-state index contributed by atoms with van der Waals surface area (Å²) in [6.45, 7) is 3.34. The molecule has 25 heavy (non-hydrogen) atoms. The molecule has 2 aliphatic rings. The van der Waals surface area contributed by atoms with Crippen molar-refractivity contribution in [3.05, 3.63) is 24.0 Å². The van der Waals surface area contributed by atoms with Gasteiger partial charge in [0.05, 0.1) is 12.2 Å². The first kappa shape index (κ1) is 18.8. The molecule has 0 bridgehead atoms. The summed E-state index contributed by atoms with van der Waals surface area (Å²) in [4.78, 5) is 36.7. The lowest BCUT2D eigenvalue weighted by Crippen LogP contribution is -2.38. The quantitative estimate of drug-likeness (QED) is 0.454. The maximum absolute atomic E-state index is 12.3. The molecule has 0 spiro atoms. The average Bonchev–Trinajstić information content (AvgIpc) is 2.94. The fourth-order valence-electron chi connectivity index (χ4n) is 3.14. The van der Waals surface area contributed by atoms with Gasteiger partial charge in [-0.25, -0.2) is 5.53 Å². The SMILES string of the molecule is CCN/C=C(/CNC(=O)C1CCC(CN2C(=O)C=CC2=O)CC1)N=N. The van der Waals surface area contributed by atoms with Gasteiger partial charge in [-0.2, -0.15) is 5.11 Å². The van der Waals surface area contributed by atoms with E-state index in [9.17, 15) is 14.4 Å². The predicted molar refractivity (Wildman–Crippen MR) is 91.2 cm³/mol. The Morgan fingerprint density at radius 3 is 2.48 bits per heavy atom. The molecule has 0 unspecified atom stereocenters. The summed E-state index contributed by atoms with van der Waals surface area (Å²) in [6.07, 6.45) is 7.35. The first-order valence-electron chi connectivity index (χ1n) is 8.66. The lowest BCUT2D eigenvalue weighted by molar-refractivity contribution is -0.138. The van der Waals surface area contributed by atoms with E-state index in [0.717, 1.165) is 32.2 Å². The van der Waals surface area contributed by atoms with Crippen LogP contribution in [0.5, 0.6) is 0 Å². The van der Waals surface area contributed by atoms with E-state index in [2.05, 4.69) is 15.7 Å². The standard InChI is InChI=1S/C17H25N5O3/c1-2-19-9-14(21-18)10-20-17(25)13-5-3-12(4-6-13)11-22-15(23)7-8-16(22)24/h7-9,12-13,18-19H,2-6,10-11H2,1H3,(H,20,25)/b14-9-,21-18?. The van der Waals surface area contributed by atoms with E-state index in [1.807, 2.05) is 6.92 Å². The Morgan fingerprint density at radius 1 is 1.28 bits per heavy atom. The molecule has 8 nitrogen and oxygen atoms in total. The third-order valence-electron chi connectivity index (χ3n) is 4.62. The van der Waals surface area contributed by atoms with Crippen molar-refractivity contribution in [2.45, 2.75) is 32.6 Å². The summed E-state index contributed by atoms with van der Waals surface area (Å²) in [5, 5.41) is 9.17. The maximum Gasteiger partial charge on any atom is 0.253 e. The number of hydrogen-bond donors (Lipinski definition) is 3. The highest BCUT2D eigenvalue weighted by molar-refractivity contribution is 6.12. The first-order chi connectivity index (χ1) is 12.0. The summed E-state index contributed by atoms with van der Waals surface area (Å²) < 4.78 is 0. The molecule has 1 saturated carbocycles. The third kappa shape index (κ3) is 5.23. The van der Waals surface area contributed by atoms with Gasteiger partial charge in [0.25, 0.3) is 11.8 Å². The summed E-state index contributed by atoms with van der Waals surface area (Å²) >= 11 is 0. The highest BCUT2D eigenvalue weighted by atomic mass is 16.2. The van der Waals surface area contributed by atoms with Gasteiger partial charge in [0.2, 0.25) is 5.91 Å². The van der Waals surface area contributed by atoms with Crippen LogP contribution < -0.4 is 10.6 Å². The molecule has 1 heterocycles. The van der Waals surface area contributed by atoms with Crippen LogP contribution in [-0.2, 0) is 14.4 Å². The highest BCUT2D eigenvalue weighted by Crippen LogP contribution is 2.30. The molecular weight excluding hydrogens is 322 g/mol. The van der Waals surface area contributed by atoms with Gasteiger partial charge in [-0.1, -0.05) is 0 Å². The Kier molecular flexibility index (Phi) is 6.85. The molecule has 0 aromatic rings. The van der Waals surface area contributed by atoms with E-state index < -0.39 is 0 Å². The van der Waals surface area contributed by atoms with Crippen LogP contribution in [0.15, 0.2) is 29.2 Å². The molecular formula is C17H25N5O3. The van der Waals surface area contributed by atoms with Crippen LogP contribution in [0.25, 0.3) is 0 Å². The van der Waals surface area contributed by atoms with Gasteiger partial charge in [0, 0.05) is 37.4 Å². The highest BCUT2D eigenvalue weighted by Gasteiger charge is 2.31. The molecule has 0 radical (unpaired) electrons. The zero-order valence-corrected chi connectivity index (χ0v) is 14.5. The zero-order chi connectivity index (χ0) is 18.2. The molecule has 136 valence electrons. The van der Waals surface area contributed by atoms with Crippen LogP contribution in [0.1, 0.15) is 32.6 Å². The van der Waals surface area contributed by atoms with Gasteiger partial charge in [-0.05, 0) is 38.5 Å². The molecule has 0 aromatic heterocycles. The largest absolute Gasteiger partial charge is 0.390 e. The minimum Gasteiger partial charge on any atom is -0.390 e. The van der Waals surface area contributed by atoms with Crippen molar-refractivity contribution in [1.82, 2.24) is 15.5 Å². The number of carbonyl (C=O) groups is 3. The van der Waals surface area contributed by atoms with Crippen LogP contribution in [0, 0.1) is 17.4 Å². The number of nitrogens with zero attached hydrogens (tertiary/aromatic N) is 2. The number of rotatable bonds is 8. The van der Waals surface area contributed by atoms with Crippen LogP contribution in [0.4, 0.5) is 0 Å². The van der Waals surface area contributed by atoms with Gasteiger partial charge in [-0.15, -0.1) is 0 Å². The van der Waals surface area contributed by atoms with Crippen LogP contribution in [-0.4, -0.2) is 42.3 Å². The molecule has 1 aliphatic heterocycles. The van der Waals surface area contributed by atoms with E-state index in [1.165, 1.54) is 17.1 Å². The van der Waals surface area contributed by atoms with Crippen molar-refractivity contribution in [2.75, 3.05) is 19.6 Å². The topological polar surface area (TPSA) is 115 Å². The normalized spacial score (nSPS) is 23.7. The van der Waals surface area contributed by atoms with E-state index in [4.69, 9.17) is 5.53 Å². The molecule has 0 atom stereocenters. The molecule has 3 N–H and O–H groups in total. The zero-order valence-electron chi connectivity index (χ0n) is 14.5.